The molecular formula is C21H23N3O3S. The topological polar surface area (TPSA) is 69.7 Å². The summed E-state index contributed by atoms with van der Waals surface area (Å²) in [5.74, 6) is -0.600. The van der Waals surface area contributed by atoms with E-state index < -0.39 is 17.5 Å². The SMILES string of the molecule is Cc1ccc(C2(C)NC(=O)N(CC(=O)N3CCc4sccc4C3C)C2=O)cc1. The molecule has 28 heavy (non-hydrogen) atoms. The normalized spacial score (nSPS) is 24.3. The van der Waals surface area contributed by atoms with Crippen LogP contribution >= 0.6 is 11.3 Å². The number of fused-ring (bicyclic) bond motifs is 1. The molecule has 1 aromatic carbocycles. The Kier molecular flexibility index (Phi) is 4.50. The molecule has 1 saturated heterocycles. The molecule has 0 aliphatic carbocycles. The quantitative estimate of drug-likeness (QED) is 0.810. The van der Waals surface area contributed by atoms with E-state index in [9.17, 15) is 14.4 Å². The summed E-state index contributed by atoms with van der Waals surface area (Å²) in [6.07, 6.45) is 0.810. The Labute approximate surface area is 168 Å². The van der Waals surface area contributed by atoms with Gasteiger partial charge in [0.05, 0.1) is 6.04 Å². The van der Waals surface area contributed by atoms with Gasteiger partial charge in [0, 0.05) is 11.4 Å². The van der Waals surface area contributed by atoms with Crippen LogP contribution in [-0.4, -0.2) is 40.7 Å². The third-order valence-electron chi connectivity index (χ3n) is 5.79. The first-order valence-electron chi connectivity index (χ1n) is 9.38. The second-order valence-electron chi connectivity index (χ2n) is 7.62. The van der Waals surface area contributed by atoms with Gasteiger partial charge in [-0.15, -0.1) is 11.3 Å². The van der Waals surface area contributed by atoms with Gasteiger partial charge in [-0.05, 0) is 49.8 Å². The minimum atomic E-state index is -1.15. The second-order valence-corrected chi connectivity index (χ2v) is 8.63. The summed E-state index contributed by atoms with van der Waals surface area (Å²) in [6.45, 7) is 6.00. The minimum Gasteiger partial charge on any atom is -0.334 e. The molecule has 0 bridgehead atoms. The zero-order valence-electron chi connectivity index (χ0n) is 16.2. The first-order chi connectivity index (χ1) is 13.3. The van der Waals surface area contributed by atoms with Gasteiger partial charge in [-0.25, -0.2) is 4.79 Å². The highest BCUT2D eigenvalue weighted by molar-refractivity contribution is 7.10. The molecule has 1 fully saturated rings. The Hall–Kier alpha value is -2.67. The summed E-state index contributed by atoms with van der Waals surface area (Å²) in [6, 6.07) is 8.96. The highest BCUT2D eigenvalue weighted by Gasteiger charge is 2.50. The van der Waals surface area contributed by atoms with Crippen molar-refractivity contribution in [2.75, 3.05) is 13.1 Å². The standard InChI is InChI=1S/C21H23N3O3S/c1-13-4-6-15(7-5-13)21(3)19(26)24(20(27)22-21)12-18(25)23-10-8-17-16(14(23)2)9-11-28-17/h4-7,9,11,14H,8,10,12H2,1-3H3,(H,22,27). The molecule has 3 heterocycles. The number of hydrogen-bond acceptors (Lipinski definition) is 4. The Morgan fingerprint density at radius 2 is 1.96 bits per heavy atom. The third-order valence-corrected chi connectivity index (χ3v) is 6.79. The molecule has 2 aliphatic heterocycles. The lowest BCUT2D eigenvalue weighted by molar-refractivity contribution is -0.140. The fourth-order valence-corrected chi connectivity index (χ4v) is 4.96. The van der Waals surface area contributed by atoms with Gasteiger partial charge in [0.2, 0.25) is 5.91 Å². The van der Waals surface area contributed by atoms with E-state index in [1.54, 1.807) is 23.2 Å². The fourth-order valence-electron chi connectivity index (χ4n) is 4.00. The van der Waals surface area contributed by atoms with Gasteiger partial charge < -0.3 is 10.2 Å². The fraction of sp³-hybridized carbons (Fsp3) is 0.381. The van der Waals surface area contributed by atoms with Crippen LogP contribution in [0.1, 0.15) is 41.5 Å². The number of hydrogen-bond donors (Lipinski definition) is 1. The summed E-state index contributed by atoms with van der Waals surface area (Å²) >= 11 is 1.71. The van der Waals surface area contributed by atoms with Crippen LogP contribution in [0.2, 0.25) is 0 Å². The summed E-state index contributed by atoms with van der Waals surface area (Å²) in [5.41, 5.74) is 1.79. The van der Waals surface area contributed by atoms with Gasteiger partial charge in [0.1, 0.15) is 12.1 Å². The van der Waals surface area contributed by atoms with Crippen LogP contribution in [0, 0.1) is 6.92 Å². The Bertz CT molecular complexity index is 952. The van der Waals surface area contributed by atoms with Crippen molar-refractivity contribution in [3.63, 3.8) is 0 Å². The molecule has 1 aromatic heterocycles. The van der Waals surface area contributed by atoms with Crippen molar-refractivity contribution >= 4 is 29.2 Å². The van der Waals surface area contributed by atoms with E-state index in [2.05, 4.69) is 5.32 Å². The van der Waals surface area contributed by atoms with Crippen molar-refractivity contribution in [2.24, 2.45) is 0 Å². The zero-order chi connectivity index (χ0) is 20.1. The molecule has 4 rings (SSSR count). The highest BCUT2D eigenvalue weighted by Crippen LogP contribution is 2.34. The van der Waals surface area contributed by atoms with E-state index in [1.165, 1.54) is 4.88 Å². The number of rotatable bonds is 3. The zero-order valence-corrected chi connectivity index (χ0v) is 17.0. The van der Waals surface area contributed by atoms with Crippen LogP contribution in [0.4, 0.5) is 4.79 Å². The molecule has 6 nitrogen and oxygen atoms in total. The third kappa shape index (κ3) is 2.90. The number of nitrogens with zero attached hydrogens (tertiary/aromatic N) is 2. The first kappa shape index (κ1) is 18.7. The van der Waals surface area contributed by atoms with Crippen LogP contribution in [0.5, 0.6) is 0 Å². The molecule has 2 unspecified atom stereocenters. The number of urea groups is 1. The number of benzene rings is 1. The summed E-state index contributed by atoms with van der Waals surface area (Å²) in [7, 11) is 0. The van der Waals surface area contributed by atoms with E-state index >= 15 is 0 Å². The number of thiophene rings is 1. The molecule has 0 saturated carbocycles. The molecule has 2 aliphatic rings. The van der Waals surface area contributed by atoms with Crippen LogP contribution in [0.15, 0.2) is 35.7 Å². The Morgan fingerprint density at radius 3 is 2.68 bits per heavy atom. The lowest BCUT2D eigenvalue weighted by atomic mass is 9.91. The predicted molar refractivity (Wildman–Crippen MR) is 107 cm³/mol. The van der Waals surface area contributed by atoms with E-state index in [4.69, 9.17) is 0 Å². The predicted octanol–water partition coefficient (Wildman–Crippen LogP) is 2.97. The van der Waals surface area contributed by atoms with Crippen molar-refractivity contribution in [2.45, 2.75) is 38.8 Å². The maximum absolute atomic E-state index is 13.1. The van der Waals surface area contributed by atoms with Crippen LogP contribution < -0.4 is 5.32 Å². The highest BCUT2D eigenvalue weighted by atomic mass is 32.1. The Balaban J connectivity index is 1.52. The number of amides is 4. The van der Waals surface area contributed by atoms with Crippen molar-refractivity contribution in [1.29, 1.82) is 0 Å². The molecule has 1 N–H and O–H groups in total. The van der Waals surface area contributed by atoms with Crippen LogP contribution in [-0.2, 0) is 21.5 Å². The van der Waals surface area contributed by atoms with Gasteiger partial charge in [0.15, 0.2) is 0 Å². The minimum absolute atomic E-state index is 0.0493. The van der Waals surface area contributed by atoms with Crippen LogP contribution in [0.25, 0.3) is 0 Å². The van der Waals surface area contributed by atoms with Crippen LogP contribution in [0.3, 0.4) is 0 Å². The van der Waals surface area contributed by atoms with Gasteiger partial charge in [-0.1, -0.05) is 29.8 Å². The lowest BCUT2D eigenvalue weighted by Crippen LogP contribution is -2.46. The van der Waals surface area contributed by atoms with E-state index in [0.717, 1.165) is 22.4 Å². The van der Waals surface area contributed by atoms with Gasteiger partial charge in [-0.3, -0.25) is 14.5 Å². The van der Waals surface area contributed by atoms with Gasteiger partial charge in [0.25, 0.3) is 5.91 Å². The summed E-state index contributed by atoms with van der Waals surface area (Å²) in [4.78, 5) is 42.6. The average Bonchev–Trinajstić information content (AvgIpc) is 3.22. The molecular weight excluding hydrogens is 374 g/mol. The average molecular weight is 398 g/mol. The first-order valence-corrected chi connectivity index (χ1v) is 10.3. The number of carbonyl (C=O) groups is 3. The second kappa shape index (κ2) is 6.74. The maximum Gasteiger partial charge on any atom is 0.325 e. The summed E-state index contributed by atoms with van der Waals surface area (Å²) in [5, 5.41) is 4.81. The van der Waals surface area contributed by atoms with Crippen molar-refractivity contribution in [1.82, 2.24) is 15.1 Å². The van der Waals surface area contributed by atoms with Gasteiger partial charge in [-0.2, -0.15) is 0 Å². The number of carbonyl (C=O) groups excluding carboxylic acids is 3. The lowest BCUT2D eigenvalue weighted by Gasteiger charge is -2.34. The molecule has 2 aromatic rings. The van der Waals surface area contributed by atoms with E-state index in [1.807, 2.05) is 49.6 Å². The van der Waals surface area contributed by atoms with E-state index in [0.29, 0.717) is 12.1 Å². The summed E-state index contributed by atoms with van der Waals surface area (Å²) < 4.78 is 0. The number of nitrogens with one attached hydrogen (secondary N) is 1. The molecule has 0 radical (unpaired) electrons. The van der Waals surface area contributed by atoms with E-state index in [-0.39, 0.29) is 18.5 Å². The van der Waals surface area contributed by atoms with Crippen molar-refractivity contribution in [3.05, 3.63) is 57.3 Å². The molecule has 4 amide bonds. The number of imide groups is 1. The smallest absolute Gasteiger partial charge is 0.325 e. The van der Waals surface area contributed by atoms with Crippen molar-refractivity contribution in [3.8, 4) is 0 Å². The number of aryl methyl sites for hydroxylation is 1. The maximum atomic E-state index is 13.1. The molecule has 146 valence electrons. The van der Waals surface area contributed by atoms with Gasteiger partial charge >= 0.3 is 6.03 Å². The molecule has 7 heteroatoms. The molecule has 0 spiro atoms. The molecule has 2 atom stereocenters. The van der Waals surface area contributed by atoms with Crippen molar-refractivity contribution < 1.29 is 14.4 Å². The monoisotopic (exact) mass is 397 g/mol. The largest absolute Gasteiger partial charge is 0.334 e. The Morgan fingerprint density at radius 1 is 1.25 bits per heavy atom.